The minimum Gasteiger partial charge on any atom is -0.493 e. The third-order valence-electron chi connectivity index (χ3n) is 10.5. The van der Waals surface area contributed by atoms with Gasteiger partial charge in [0, 0.05) is 32.2 Å². The minimum atomic E-state index is 0.230. The first kappa shape index (κ1) is 32.3. The van der Waals surface area contributed by atoms with Gasteiger partial charge in [0.1, 0.15) is 0 Å². The van der Waals surface area contributed by atoms with Crippen LogP contribution in [0.25, 0.3) is 0 Å². The minimum absolute atomic E-state index is 0.230. The molecule has 1 saturated heterocycles. The van der Waals surface area contributed by atoms with Crippen LogP contribution in [0.3, 0.4) is 0 Å². The normalized spacial score (nSPS) is 22.8. The van der Waals surface area contributed by atoms with Crippen molar-refractivity contribution in [1.82, 2.24) is 15.1 Å². The summed E-state index contributed by atoms with van der Waals surface area (Å²) >= 11 is 0. The summed E-state index contributed by atoms with van der Waals surface area (Å²) < 4.78 is 23.0. The highest BCUT2D eigenvalue weighted by Crippen LogP contribution is 2.49. The van der Waals surface area contributed by atoms with Crippen LogP contribution in [0.4, 0.5) is 0 Å². The van der Waals surface area contributed by atoms with Crippen LogP contribution in [0.5, 0.6) is 23.0 Å². The molecule has 0 bridgehead atoms. The number of methoxy groups -OCH3 is 4. The highest BCUT2D eigenvalue weighted by Gasteiger charge is 2.41. The van der Waals surface area contributed by atoms with Gasteiger partial charge in [-0.1, -0.05) is 46.1 Å². The zero-order chi connectivity index (χ0) is 31.2. The summed E-state index contributed by atoms with van der Waals surface area (Å²) in [4.78, 5) is 5.28. The number of nitrogens with zero attached hydrogens (tertiary/aromatic N) is 2. The maximum Gasteiger partial charge on any atom is 0.161 e. The van der Waals surface area contributed by atoms with E-state index in [0.717, 1.165) is 80.7 Å². The van der Waals surface area contributed by atoms with Gasteiger partial charge in [-0.2, -0.15) is 0 Å². The summed E-state index contributed by atoms with van der Waals surface area (Å²) in [5, 5.41) is 3.71. The van der Waals surface area contributed by atoms with Gasteiger partial charge in [0.25, 0.3) is 0 Å². The van der Waals surface area contributed by atoms with E-state index in [2.05, 4.69) is 59.8 Å². The van der Waals surface area contributed by atoms with Crippen LogP contribution in [0.15, 0.2) is 36.7 Å². The molecule has 3 heterocycles. The summed E-state index contributed by atoms with van der Waals surface area (Å²) in [6, 6.07) is 9.53. The SMILES string of the molecule is C=C(NCCCCCC)N1CCc2cc(OC)c(OC)cc2C1CC1CC2c3cc(OC)c(OC)cc3CCN2CC1CC. The zero-order valence-corrected chi connectivity index (χ0v) is 28.0. The molecule has 0 saturated carbocycles. The highest BCUT2D eigenvalue weighted by atomic mass is 16.5. The zero-order valence-electron chi connectivity index (χ0n) is 28.0. The first-order valence-corrected chi connectivity index (χ1v) is 16.9. The van der Waals surface area contributed by atoms with Crippen molar-refractivity contribution in [1.29, 1.82) is 0 Å². The number of ether oxygens (including phenoxy) is 4. The van der Waals surface area contributed by atoms with Gasteiger partial charge in [-0.05, 0) is 90.5 Å². The van der Waals surface area contributed by atoms with Gasteiger partial charge in [0.05, 0.1) is 40.3 Å². The van der Waals surface area contributed by atoms with Gasteiger partial charge in [-0.15, -0.1) is 0 Å². The molecule has 0 aliphatic carbocycles. The molecule has 2 aromatic rings. The van der Waals surface area contributed by atoms with E-state index in [9.17, 15) is 0 Å². The average molecular weight is 606 g/mol. The standard InChI is InChI=1S/C37H55N3O4/c1-8-10-11-12-15-38-25(3)40-17-14-28-21-35(42-5)37(44-7)23-31(28)33(40)19-29-18-32-30-22-36(43-6)34(41-4)20-27(30)13-16-39(32)24-26(29)9-2/h20-23,26,29,32-33,38H,3,8-19,24H2,1-2,4-7H3. The predicted molar refractivity (Wildman–Crippen MR) is 178 cm³/mol. The van der Waals surface area contributed by atoms with E-state index in [4.69, 9.17) is 18.9 Å². The van der Waals surface area contributed by atoms with Crippen molar-refractivity contribution in [3.05, 3.63) is 58.9 Å². The lowest BCUT2D eigenvalue weighted by Crippen LogP contribution is -2.47. The molecule has 2 aromatic carbocycles. The third kappa shape index (κ3) is 6.63. The van der Waals surface area contributed by atoms with Gasteiger partial charge in [0.15, 0.2) is 23.0 Å². The second-order valence-corrected chi connectivity index (χ2v) is 12.9. The molecule has 0 spiro atoms. The fourth-order valence-electron chi connectivity index (χ4n) is 8.03. The van der Waals surface area contributed by atoms with Gasteiger partial charge >= 0.3 is 0 Å². The van der Waals surface area contributed by atoms with Crippen molar-refractivity contribution >= 4 is 0 Å². The van der Waals surface area contributed by atoms with Crippen LogP contribution in [-0.4, -0.2) is 64.4 Å². The molecule has 4 atom stereocenters. The molecule has 0 radical (unpaired) electrons. The molecule has 44 heavy (non-hydrogen) atoms. The molecule has 4 unspecified atom stereocenters. The Morgan fingerprint density at radius 2 is 1.41 bits per heavy atom. The number of nitrogens with one attached hydrogen (secondary N) is 1. The third-order valence-corrected chi connectivity index (χ3v) is 10.5. The number of benzene rings is 2. The molecular formula is C37H55N3O4. The predicted octanol–water partition coefficient (Wildman–Crippen LogP) is 7.30. The Morgan fingerprint density at radius 3 is 2.05 bits per heavy atom. The summed E-state index contributed by atoms with van der Waals surface area (Å²) in [6.45, 7) is 13.4. The Balaban J connectivity index is 1.45. The van der Waals surface area contributed by atoms with E-state index < -0.39 is 0 Å². The van der Waals surface area contributed by atoms with E-state index in [0.29, 0.717) is 17.9 Å². The van der Waals surface area contributed by atoms with Gasteiger partial charge < -0.3 is 29.2 Å². The summed E-state index contributed by atoms with van der Waals surface area (Å²) in [7, 11) is 6.94. The van der Waals surface area contributed by atoms with E-state index in [1.807, 2.05) is 0 Å². The number of rotatable bonds is 14. The molecule has 3 aliphatic rings. The van der Waals surface area contributed by atoms with Crippen molar-refractivity contribution < 1.29 is 18.9 Å². The summed E-state index contributed by atoms with van der Waals surface area (Å²) in [5.41, 5.74) is 5.54. The molecule has 7 nitrogen and oxygen atoms in total. The molecule has 3 aliphatic heterocycles. The lowest BCUT2D eigenvalue weighted by Gasteiger charge is -2.49. The first-order chi connectivity index (χ1) is 21.5. The van der Waals surface area contributed by atoms with Crippen molar-refractivity contribution in [2.24, 2.45) is 11.8 Å². The maximum absolute atomic E-state index is 5.82. The lowest BCUT2D eigenvalue weighted by molar-refractivity contribution is 0.0341. The highest BCUT2D eigenvalue weighted by molar-refractivity contribution is 5.51. The van der Waals surface area contributed by atoms with Crippen molar-refractivity contribution in [3.63, 3.8) is 0 Å². The van der Waals surface area contributed by atoms with Crippen molar-refractivity contribution in [2.45, 2.75) is 83.7 Å². The second kappa shape index (κ2) is 14.8. The number of hydrogen-bond acceptors (Lipinski definition) is 7. The molecule has 1 N–H and O–H groups in total. The van der Waals surface area contributed by atoms with Crippen LogP contribution in [-0.2, 0) is 12.8 Å². The number of piperidine rings is 1. The van der Waals surface area contributed by atoms with E-state index in [1.54, 1.807) is 28.4 Å². The van der Waals surface area contributed by atoms with Crippen LogP contribution >= 0.6 is 0 Å². The average Bonchev–Trinajstić information content (AvgIpc) is 3.06. The van der Waals surface area contributed by atoms with Gasteiger partial charge in [-0.25, -0.2) is 0 Å². The van der Waals surface area contributed by atoms with Crippen LogP contribution < -0.4 is 24.3 Å². The van der Waals surface area contributed by atoms with Gasteiger partial charge in [-0.3, -0.25) is 4.90 Å². The van der Waals surface area contributed by atoms with Gasteiger partial charge in [0.2, 0.25) is 0 Å². The Bertz CT molecular complexity index is 1280. The van der Waals surface area contributed by atoms with E-state index >= 15 is 0 Å². The van der Waals surface area contributed by atoms with E-state index in [1.165, 1.54) is 54.4 Å². The Hall–Kier alpha value is -3.06. The molecule has 1 fully saturated rings. The topological polar surface area (TPSA) is 55.4 Å². The monoisotopic (exact) mass is 605 g/mol. The first-order valence-electron chi connectivity index (χ1n) is 16.9. The smallest absolute Gasteiger partial charge is 0.161 e. The maximum atomic E-state index is 5.82. The molecule has 242 valence electrons. The Morgan fingerprint density at radius 1 is 0.795 bits per heavy atom. The molecule has 7 heteroatoms. The largest absolute Gasteiger partial charge is 0.493 e. The molecule has 5 rings (SSSR count). The fourth-order valence-corrected chi connectivity index (χ4v) is 8.03. The lowest BCUT2D eigenvalue weighted by atomic mass is 9.72. The molecule has 0 aromatic heterocycles. The fraction of sp³-hybridized carbons (Fsp3) is 0.622. The quantitative estimate of drug-likeness (QED) is 0.227. The van der Waals surface area contributed by atoms with Crippen LogP contribution in [0, 0.1) is 11.8 Å². The summed E-state index contributed by atoms with van der Waals surface area (Å²) in [5.74, 6) is 5.56. The molecular weight excluding hydrogens is 550 g/mol. The van der Waals surface area contributed by atoms with Crippen LogP contribution in [0.1, 0.15) is 93.1 Å². The number of fused-ring (bicyclic) bond motifs is 4. The summed E-state index contributed by atoms with van der Waals surface area (Å²) in [6.07, 6.45) is 10.4. The van der Waals surface area contributed by atoms with Crippen molar-refractivity contribution in [2.75, 3.05) is 54.6 Å². The second-order valence-electron chi connectivity index (χ2n) is 12.9. The Labute approximate surface area is 265 Å². The Kier molecular flexibility index (Phi) is 10.9. The molecule has 0 amide bonds. The number of unbranched alkanes of at least 4 members (excludes halogenated alkanes) is 3. The van der Waals surface area contributed by atoms with Crippen LogP contribution in [0.2, 0.25) is 0 Å². The van der Waals surface area contributed by atoms with E-state index in [-0.39, 0.29) is 6.04 Å². The number of hydrogen-bond donors (Lipinski definition) is 1. The van der Waals surface area contributed by atoms with Crippen molar-refractivity contribution in [3.8, 4) is 23.0 Å².